The molecule has 0 spiro atoms. The van der Waals surface area contributed by atoms with E-state index in [1.807, 2.05) is 0 Å². The van der Waals surface area contributed by atoms with E-state index in [1.165, 1.54) is 6.92 Å². The highest BCUT2D eigenvalue weighted by Crippen LogP contribution is 2.15. The van der Waals surface area contributed by atoms with E-state index in [0.29, 0.717) is 90.6 Å². The van der Waals surface area contributed by atoms with E-state index in [0.717, 1.165) is 19.1 Å². The molecular weight excluding hydrogens is 454 g/mol. The smallest absolute Gasteiger partial charge is 0.409 e. The maximum Gasteiger partial charge on any atom is 0.409 e. The Kier molecular flexibility index (Phi) is 23.0. The molecule has 33 heavy (non-hydrogen) atoms. The molecule has 0 aliphatic carbocycles. The molecule has 1 aliphatic rings. The minimum atomic E-state index is -0.270. The Labute approximate surface area is 202 Å². The van der Waals surface area contributed by atoms with Gasteiger partial charge >= 0.3 is 6.09 Å². The molecule has 0 saturated carbocycles. The van der Waals surface area contributed by atoms with E-state index in [-0.39, 0.29) is 18.5 Å². The van der Waals surface area contributed by atoms with Crippen LogP contribution >= 0.6 is 12.6 Å². The van der Waals surface area contributed by atoms with Crippen LogP contribution in [0.3, 0.4) is 0 Å². The van der Waals surface area contributed by atoms with Crippen molar-refractivity contribution in [2.45, 2.75) is 37.9 Å². The standard InChI is InChI=1S/C17H33NO7S.C5H8O2/c1-20-6-7-21-8-9-22-10-11-23-12-13-24-14-15-25-17(19)18-4-2-16(26)3-5-18;1-5(7)3-2-4-6/h16,26H,2-15H2,1H3;4H,2-3H2,1H3. The lowest BCUT2D eigenvalue weighted by molar-refractivity contribution is -0.118. The third-order valence-corrected chi connectivity index (χ3v) is 4.85. The SMILES string of the molecule is CC(=O)CCC=O.COCCOCCOCCOCCOCCOC(=O)N1CCC(S)CC1. The number of carbonyl (C=O) groups excluding carboxylic acids is 3. The summed E-state index contributed by atoms with van der Waals surface area (Å²) in [4.78, 5) is 33.1. The van der Waals surface area contributed by atoms with Gasteiger partial charge in [-0.3, -0.25) is 0 Å². The Morgan fingerprint density at radius 3 is 1.70 bits per heavy atom. The van der Waals surface area contributed by atoms with E-state index in [1.54, 1.807) is 12.0 Å². The van der Waals surface area contributed by atoms with Gasteiger partial charge in [0.1, 0.15) is 18.7 Å². The van der Waals surface area contributed by atoms with Crippen molar-refractivity contribution >= 4 is 30.8 Å². The molecule has 1 amide bonds. The molecular formula is C22H41NO9S. The van der Waals surface area contributed by atoms with E-state index in [4.69, 9.17) is 28.4 Å². The zero-order valence-electron chi connectivity index (χ0n) is 20.0. The normalized spacial score (nSPS) is 13.8. The Morgan fingerprint density at radius 2 is 1.30 bits per heavy atom. The van der Waals surface area contributed by atoms with Gasteiger partial charge in [-0.15, -0.1) is 0 Å². The van der Waals surface area contributed by atoms with Crippen LogP contribution in [0.25, 0.3) is 0 Å². The third kappa shape index (κ3) is 22.3. The minimum Gasteiger partial charge on any atom is -0.447 e. The molecule has 1 rings (SSSR count). The fraction of sp³-hybridized carbons (Fsp3) is 0.864. The zero-order chi connectivity index (χ0) is 24.6. The van der Waals surface area contributed by atoms with Crippen molar-refractivity contribution in [1.29, 1.82) is 0 Å². The van der Waals surface area contributed by atoms with Crippen LogP contribution in [0.4, 0.5) is 4.79 Å². The average molecular weight is 496 g/mol. The van der Waals surface area contributed by atoms with E-state index < -0.39 is 0 Å². The summed E-state index contributed by atoms with van der Waals surface area (Å²) in [6.07, 6.45) is 3.07. The number of Topliss-reactive ketones (excluding diaryl/α,β-unsaturated/α-hetero) is 1. The number of methoxy groups -OCH3 is 1. The van der Waals surface area contributed by atoms with Crippen molar-refractivity contribution in [3.05, 3.63) is 0 Å². The molecule has 1 heterocycles. The fourth-order valence-electron chi connectivity index (χ4n) is 2.49. The number of rotatable bonds is 18. The first kappa shape index (κ1) is 31.8. The number of hydrogen-bond acceptors (Lipinski definition) is 10. The molecule has 0 bridgehead atoms. The van der Waals surface area contributed by atoms with E-state index in [2.05, 4.69) is 12.6 Å². The van der Waals surface area contributed by atoms with Crippen molar-refractivity contribution in [3.63, 3.8) is 0 Å². The van der Waals surface area contributed by atoms with E-state index >= 15 is 0 Å². The molecule has 0 aromatic heterocycles. The summed E-state index contributed by atoms with van der Waals surface area (Å²) in [6.45, 7) is 7.77. The van der Waals surface area contributed by atoms with Gasteiger partial charge in [-0.25, -0.2) is 4.79 Å². The molecule has 0 N–H and O–H groups in total. The molecule has 194 valence electrons. The first-order chi connectivity index (χ1) is 16.0. The second-order valence-corrected chi connectivity index (χ2v) is 7.91. The topological polar surface area (TPSA) is 110 Å². The Balaban J connectivity index is 0.00000126. The molecule has 11 heteroatoms. The summed E-state index contributed by atoms with van der Waals surface area (Å²) in [5, 5.41) is 0.391. The summed E-state index contributed by atoms with van der Waals surface area (Å²) in [6, 6.07) is 0. The van der Waals surface area contributed by atoms with Crippen molar-refractivity contribution in [2.75, 3.05) is 86.3 Å². The van der Waals surface area contributed by atoms with Gasteiger partial charge in [-0.2, -0.15) is 12.6 Å². The molecule has 0 radical (unpaired) electrons. The maximum atomic E-state index is 11.8. The first-order valence-electron chi connectivity index (χ1n) is 11.3. The van der Waals surface area contributed by atoms with Gasteiger partial charge in [0.2, 0.25) is 0 Å². The van der Waals surface area contributed by atoms with Crippen LogP contribution in [0.5, 0.6) is 0 Å². The van der Waals surface area contributed by atoms with Gasteiger partial charge in [0.05, 0.1) is 59.5 Å². The van der Waals surface area contributed by atoms with Crippen LogP contribution in [0.1, 0.15) is 32.6 Å². The lowest BCUT2D eigenvalue weighted by atomic mass is 10.1. The average Bonchev–Trinajstić information content (AvgIpc) is 2.81. The van der Waals surface area contributed by atoms with Gasteiger partial charge in [0.25, 0.3) is 0 Å². The fourth-order valence-corrected chi connectivity index (χ4v) is 2.72. The summed E-state index contributed by atoms with van der Waals surface area (Å²) >= 11 is 4.41. The Hall–Kier alpha value is -1.24. The lowest BCUT2D eigenvalue weighted by Crippen LogP contribution is -2.39. The van der Waals surface area contributed by atoms with Crippen LogP contribution in [0.2, 0.25) is 0 Å². The van der Waals surface area contributed by atoms with Crippen LogP contribution in [0.15, 0.2) is 0 Å². The predicted molar refractivity (Wildman–Crippen MR) is 126 cm³/mol. The molecule has 0 unspecified atom stereocenters. The van der Waals surface area contributed by atoms with Gasteiger partial charge < -0.3 is 42.9 Å². The highest BCUT2D eigenvalue weighted by molar-refractivity contribution is 7.80. The van der Waals surface area contributed by atoms with Crippen molar-refractivity contribution in [2.24, 2.45) is 0 Å². The number of ketones is 1. The number of thiol groups is 1. The number of hydrogen-bond donors (Lipinski definition) is 1. The van der Waals surface area contributed by atoms with Gasteiger partial charge in [-0.05, 0) is 19.8 Å². The summed E-state index contributed by atoms with van der Waals surface area (Å²) in [5.74, 6) is 0.0760. The number of carbonyl (C=O) groups is 3. The van der Waals surface area contributed by atoms with Gasteiger partial charge in [-0.1, -0.05) is 0 Å². The van der Waals surface area contributed by atoms with Gasteiger partial charge in [0.15, 0.2) is 0 Å². The van der Waals surface area contributed by atoms with Crippen molar-refractivity contribution in [1.82, 2.24) is 4.90 Å². The number of aldehydes is 1. The van der Waals surface area contributed by atoms with Crippen molar-refractivity contribution in [3.8, 4) is 0 Å². The van der Waals surface area contributed by atoms with Crippen LogP contribution in [-0.4, -0.2) is 115 Å². The summed E-state index contributed by atoms with van der Waals surface area (Å²) in [7, 11) is 1.64. The quantitative estimate of drug-likeness (QED) is 0.173. The molecule has 1 fully saturated rings. The van der Waals surface area contributed by atoms with E-state index in [9.17, 15) is 14.4 Å². The van der Waals surface area contributed by atoms with Crippen LogP contribution in [-0.2, 0) is 38.0 Å². The van der Waals surface area contributed by atoms with Crippen LogP contribution < -0.4 is 0 Å². The Bertz CT molecular complexity index is 488. The predicted octanol–water partition coefficient (Wildman–Crippen LogP) is 1.78. The summed E-state index contributed by atoms with van der Waals surface area (Å²) < 4.78 is 31.4. The number of likely N-dealkylation sites (tertiary alicyclic amines) is 1. The highest BCUT2D eigenvalue weighted by atomic mass is 32.1. The second-order valence-electron chi connectivity index (χ2n) is 7.18. The molecule has 0 atom stereocenters. The molecule has 0 aromatic rings. The zero-order valence-corrected chi connectivity index (χ0v) is 20.9. The largest absolute Gasteiger partial charge is 0.447 e. The number of amides is 1. The number of piperidine rings is 1. The van der Waals surface area contributed by atoms with Crippen molar-refractivity contribution < 1.29 is 42.8 Å². The van der Waals surface area contributed by atoms with Gasteiger partial charge in [0, 0.05) is 38.3 Å². The first-order valence-corrected chi connectivity index (χ1v) is 11.9. The third-order valence-electron chi connectivity index (χ3n) is 4.34. The summed E-state index contributed by atoms with van der Waals surface area (Å²) in [5.41, 5.74) is 0. The second kappa shape index (κ2) is 23.9. The number of nitrogens with zero attached hydrogens (tertiary/aromatic N) is 1. The number of ether oxygens (including phenoxy) is 6. The molecule has 10 nitrogen and oxygen atoms in total. The van der Waals surface area contributed by atoms with Crippen LogP contribution in [0, 0.1) is 0 Å². The Morgan fingerprint density at radius 1 is 0.848 bits per heavy atom. The lowest BCUT2D eigenvalue weighted by Gasteiger charge is -2.28. The minimum absolute atomic E-state index is 0.0760. The monoisotopic (exact) mass is 495 g/mol. The molecule has 1 saturated heterocycles. The molecule has 1 aliphatic heterocycles. The maximum absolute atomic E-state index is 11.8. The molecule has 0 aromatic carbocycles. The highest BCUT2D eigenvalue weighted by Gasteiger charge is 2.21.